The predicted molar refractivity (Wildman–Crippen MR) is 159 cm³/mol. The van der Waals surface area contributed by atoms with Gasteiger partial charge in [-0.2, -0.15) is 0 Å². The third-order valence-electron chi connectivity index (χ3n) is 9.63. The van der Waals surface area contributed by atoms with E-state index in [4.69, 9.17) is 4.74 Å². The minimum atomic E-state index is -1.27. The number of nitrogens with zero attached hydrogens (tertiary/aromatic N) is 6. The van der Waals surface area contributed by atoms with Gasteiger partial charge in [0.05, 0.1) is 23.0 Å². The smallest absolute Gasteiger partial charge is 0.250 e. The number of para-hydroxylation sites is 1. The van der Waals surface area contributed by atoms with Gasteiger partial charge in [0.25, 0.3) is 5.91 Å². The van der Waals surface area contributed by atoms with Gasteiger partial charge in [-0.25, -0.2) is 4.68 Å². The molecule has 1 spiro atoms. The lowest BCUT2D eigenvalue weighted by Gasteiger charge is -2.38. The van der Waals surface area contributed by atoms with E-state index in [2.05, 4.69) is 10.3 Å². The van der Waals surface area contributed by atoms with E-state index in [1.807, 2.05) is 67.3 Å². The third kappa shape index (κ3) is 4.77. The molecule has 5 heterocycles. The fraction of sp³-hybridized carbons (Fsp3) is 0.594. The zero-order valence-electron chi connectivity index (χ0n) is 25.1. The molecular formula is C32H42N6O5. The molecule has 2 aromatic rings. The molecule has 1 N–H and O–H groups in total. The molecule has 1 unspecified atom stereocenters. The van der Waals surface area contributed by atoms with Gasteiger partial charge in [-0.05, 0) is 37.8 Å². The number of carbonyl (C=O) groups excluding carboxylic acids is 3. The van der Waals surface area contributed by atoms with E-state index in [1.165, 1.54) is 0 Å². The Labute approximate surface area is 252 Å². The highest BCUT2D eigenvalue weighted by molar-refractivity contribution is 6.00. The number of hydrogen-bond donors (Lipinski definition) is 1. The first-order valence-electron chi connectivity index (χ1n) is 15.7. The quantitative estimate of drug-likeness (QED) is 0.315. The van der Waals surface area contributed by atoms with Gasteiger partial charge in [-0.3, -0.25) is 14.4 Å². The molecule has 1 aromatic heterocycles. The molecule has 2 fully saturated rings. The minimum Gasteiger partial charge on any atom is -0.396 e. The number of unbranched alkanes of at least 4 members (excludes halogenated alkanes) is 3. The number of aromatic nitrogens is 3. The number of fused-ring (bicyclic) bond motifs is 3. The standard InChI is InChI=1S/C32H42N6O5/c1-3-17-35-18-11-15-31(4-2)25(28(35)40)26-29(41)37(20-9-5-6-10-21-39)27-30(42)36(19-12-16-32(26,27)43-31)22-38-24-14-8-7-13-23(24)33-34-38/h7-8,11-16,25-27,39H,3-6,9-10,17-22H2,1-2H3/t25-,26+,27?,31+,32+/m1/s1. The number of rotatable bonds is 11. The van der Waals surface area contributed by atoms with Gasteiger partial charge in [-0.1, -0.05) is 68.3 Å². The van der Waals surface area contributed by atoms with Gasteiger partial charge in [0.1, 0.15) is 23.8 Å². The first-order valence-corrected chi connectivity index (χ1v) is 15.7. The summed E-state index contributed by atoms with van der Waals surface area (Å²) in [5.74, 6) is -2.03. The van der Waals surface area contributed by atoms with Gasteiger partial charge >= 0.3 is 0 Å². The molecule has 0 bridgehead atoms. The van der Waals surface area contributed by atoms with Gasteiger partial charge in [0, 0.05) is 32.8 Å². The fourth-order valence-corrected chi connectivity index (χ4v) is 7.63. The van der Waals surface area contributed by atoms with Crippen LogP contribution in [0.15, 0.2) is 48.6 Å². The molecule has 0 aliphatic carbocycles. The molecule has 4 aliphatic rings. The van der Waals surface area contributed by atoms with Crippen molar-refractivity contribution in [1.82, 2.24) is 29.7 Å². The molecule has 230 valence electrons. The van der Waals surface area contributed by atoms with Crippen LogP contribution in [0.2, 0.25) is 0 Å². The van der Waals surface area contributed by atoms with Gasteiger partial charge in [-0.15, -0.1) is 5.10 Å². The number of aliphatic hydroxyl groups excluding tert-OH is 1. The van der Waals surface area contributed by atoms with Crippen LogP contribution in [0.4, 0.5) is 0 Å². The predicted octanol–water partition coefficient (Wildman–Crippen LogP) is 2.51. The second-order valence-electron chi connectivity index (χ2n) is 12.2. The van der Waals surface area contributed by atoms with Gasteiger partial charge in [0.2, 0.25) is 11.8 Å². The highest BCUT2D eigenvalue weighted by Crippen LogP contribution is 2.58. The number of hydrogen-bond acceptors (Lipinski definition) is 7. The molecule has 0 saturated carbocycles. The molecule has 11 nitrogen and oxygen atoms in total. The van der Waals surface area contributed by atoms with E-state index in [0.717, 1.165) is 30.3 Å². The summed E-state index contributed by atoms with van der Waals surface area (Å²) >= 11 is 0. The number of benzene rings is 1. The summed E-state index contributed by atoms with van der Waals surface area (Å²) in [4.78, 5) is 48.6. The van der Waals surface area contributed by atoms with E-state index in [0.29, 0.717) is 45.4 Å². The van der Waals surface area contributed by atoms with E-state index in [9.17, 15) is 19.5 Å². The second kappa shape index (κ2) is 11.8. The van der Waals surface area contributed by atoms with Crippen molar-refractivity contribution in [3.05, 3.63) is 48.6 Å². The Hall–Kier alpha value is -3.57. The number of likely N-dealkylation sites (tertiary alicyclic amines) is 1. The van der Waals surface area contributed by atoms with Crippen LogP contribution >= 0.6 is 0 Å². The maximum absolute atomic E-state index is 14.6. The van der Waals surface area contributed by atoms with Crippen molar-refractivity contribution >= 4 is 28.8 Å². The molecule has 5 atom stereocenters. The lowest BCUT2D eigenvalue weighted by molar-refractivity contribution is -0.155. The molecule has 11 heteroatoms. The minimum absolute atomic E-state index is 0.0801. The molecule has 3 amide bonds. The van der Waals surface area contributed by atoms with Crippen molar-refractivity contribution in [3.8, 4) is 0 Å². The largest absolute Gasteiger partial charge is 0.396 e. The molecular weight excluding hydrogens is 548 g/mol. The van der Waals surface area contributed by atoms with Crippen LogP contribution in [0.5, 0.6) is 0 Å². The van der Waals surface area contributed by atoms with Crippen molar-refractivity contribution in [1.29, 1.82) is 0 Å². The average molecular weight is 591 g/mol. The third-order valence-corrected chi connectivity index (χ3v) is 9.63. The summed E-state index contributed by atoms with van der Waals surface area (Å²) in [6.45, 7) is 6.10. The van der Waals surface area contributed by atoms with Crippen molar-refractivity contribution in [3.63, 3.8) is 0 Å². The van der Waals surface area contributed by atoms with Crippen molar-refractivity contribution in [2.75, 3.05) is 32.8 Å². The van der Waals surface area contributed by atoms with E-state index < -0.39 is 29.1 Å². The van der Waals surface area contributed by atoms with Crippen LogP contribution in [-0.4, -0.2) is 103 Å². The molecule has 6 rings (SSSR count). The number of aliphatic hydroxyl groups is 1. The lowest BCUT2D eigenvalue weighted by Crippen LogP contribution is -2.56. The SMILES string of the molecule is CCCN1CC=C[C@]2(CC)O[C@]34C=CCN(Cn5nnc6ccccc65)C(=O)C3N(CCCCCCO)C(=O)[C@@H]4[C@@H]2C1=O. The summed E-state index contributed by atoms with van der Waals surface area (Å²) < 4.78 is 8.75. The Balaban J connectivity index is 1.39. The number of carbonyl (C=O) groups is 3. The van der Waals surface area contributed by atoms with Gasteiger partial charge in [0.15, 0.2) is 0 Å². The highest BCUT2D eigenvalue weighted by atomic mass is 16.5. The van der Waals surface area contributed by atoms with E-state index in [1.54, 1.807) is 14.5 Å². The Bertz CT molecular complexity index is 1440. The number of ether oxygens (including phenoxy) is 1. The highest BCUT2D eigenvalue weighted by Gasteiger charge is 2.75. The Morgan fingerprint density at radius 2 is 1.67 bits per heavy atom. The van der Waals surface area contributed by atoms with E-state index >= 15 is 0 Å². The first kappa shape index (κ1) is 29.5. The summed E-state index contributed by atoms with van der Waals surface area (Å²) in [6, 6.07) is 6.69. The molecule has 43 heavy (non-hydrogen) atoms. The fourth-order valence-electron chi connectivity index (χ4n) is 7.63. The maximum atomic E-state index is 14.6. The average Bonchev–Trinajstić information content (AvgIpc) is 3.55. The Kier molecular flexibility index (Phi) is 8.12. The molecule has 0 radical (unpaired) electrons. The van der Waals surface area contributed by atoms with Crippen LogP contribution in [0.3, 0.4) is 0 Å². The Morgan fingerprint density at radius 3 is 2.47 bits per heavy atom. The molecule has 4 aliphatic heterocycles. The van der Waals surface area contributed by atoms with Crippen molar-refractivity contribution < 1.29 is 24.2 Å². The van der Waals surface area contributed by atoms with Crippen LogP contribution in [0, 0.1) is 11.8 Å². The number of amides is 3. The topological polar surface area (TPSA) is 121 Å². The summed E-state index contributed by atoms with van der Waals surface area (Å²) in [5, 5.41) is 17.8. The Morgan fingerprint density at radius 1 is 0.907 bits per heavy atom. The van der Waals surface area contributed by atoms with E-state index in [-0.39, 0.29) is 31.0 Å². The molecule has 2 saturated heterocycles. The summed E-state index contributed by atoms with van der Waals surface area (Å²) in [7, 11) is 0. The summed E-state index contributed by atoms with van der Waals surface area (Å²) in [5.41, 5.74) is -0.694. The van der Waals surface area contributed by atoms with Crippen molar-refractivity contribution in [2.24, 2.45) is 11.8 Å². The summed E-state index contributed by atoms with van der Waals surface area (Å²) in [6.07, 6.45) is 12.1. The van der Waals surface area contributed by atoms with Crippen molar-refractivity contribution in [2.45, 2.75) is 76.3 Å². The second-order valence-corrected chi connectivity index (χ2v) is 12.2. The normalized spacial score (nSPS) is 30.2. The van der Waals surface area contributed by atoms with Crippen LogP contribution in [-0.2, 0) is 25.8 Å². The van der Waals surface area contributed by atoms with Crippen LogP contribution in [0.25, 0.3) is 11.0 Å². The monoisotopic (exact) mass is 590 g/mol. The van der Waals surface area contributed by atoms with Gasteiger partial charge < -0.3 is 24.5 Å². The molecule has 1 aromatic carbocycles. The zero-order chi connectivity index (χ0) is 30.2. The zero-order valence-corrected chi connectivity index (χ0v) is 25.1. The lowest BCUT2D eigenvalue weighted by atomic mass is 9.73. The maximum Gasteiger partial charge on any atom is 0.250 e. The first-order chi connectivity index (χ1) is 20.9. The van der Waals surface area contributed by atoms with Crippen LogP contribution in [0.1, 0.15) is 52.4 Å². The van der Waals surface area contributed by atoms with Crippen LogP contribution < -0.4 is 0 Å².